The summed E-state index contributed by atoms with van der Waals surface area (Å²) >= 11 is 0. The SMILES string of the molecule is Cc1ccc2c(=O)c(C(=O)Nc3ccc(OCC(F)(F)F)nc3)c[nH]c2n1. The minimum atomic E-state index is -4.47. The van der Waals surface area contributed by atoms with Crippen LogP contribution in [0.4, 0.5) is 18.9 Å². The Morgan fingerprint density at radius 2 is 2.04 bits per heavy atom. The third-order valence-electron chi connectivity index (χ3n) is 3.50. The fourth-order valence-electron chi connectivity index (χ4n) is 2.26. The number of ether oxygens (including phenoxy) is 1. The van der Waals surface area contributed by atoms with Crippen molar-refractivity contribution in [1.29, 1.82) is 0 Å². The lowest BCUT2D eigenvalue weighted by molar-refractivity contribution is -0.154. The van der Waals surface area contributed by atoms with E-state index in [0.717, 1.165) is 6.20 Å². The monoisotopic (exact) mass is 378 g/mol. The summed E-state index contributed by atoms with van der Waals surface area (Å²) < 4.78 is 40.8. The summed E-state index contributed by atoms with van der Waals surface area (Å²) in [5, 5.41) is 2.72. The summed E-state index contributed by atoms with van der Waals surface area (Å²) in [6.45, 7) is 0.305. The van der Waals surface area contributed by atoms with Gasteiger partial charge in [0.2, 0.25) is 11.3 Å². The zero-order chi connectivity index (χ0) is 19.6. The largest absolute Gasteiger partial charge is 0.468 e. The van der Waals surface area contributed by atoms with Crippen LogP contribution < -0.4 is 15.5 Å². The number of aromatic nitrogens is 3. The Labute approximate surface area is 150 Å². The molecule has 0 aliphatic rings. The zero-order valence-corrected chi connectivity index (χ0v) is 13.9. The van der Waals surface area contributed by atoms with Crippen LogP contribution in [0.1, 0.15) is 16.1 Å². The fraction of sp³-hybridized carbons (Fsp3) is 0.176. The van der Waals surface area contributed by atoms with E-state index in [1.807, 2.05) is 0 Å². The number of hydrogen-bond acceptors (Lipinski definition) is 5. The quantitative estimate of drug-likeness (QED) is 0.728. The van der Waals surface area contributed by atoms with Gasteiger partial charge < -0.3 is 15.0 Å². The van der Waals surface area contributed by atoms with Gasteiger partial charge in [-0.05, 0) is 25.1 Å². The third kappa shape index (κ3) is 4.40. The minimum Gasteiger partial charge on any atom is -0.468 e. The van der Waals surface area contributed by atoms with Crippen molar-refractivity contribution in [2.75, 3.05) is 11.9 Å². The number of H-pyrrole nitrogens is 1. The molecule has 0 saturated heterocycles. The predicted molar refractivity (Wildman–Crippen MR) is 90.8 cm³/mol. The molecule has 3 aromatic heterocycles. The maximum atomic E-state index is 12.4. The van der Waals surface area contributed by atoms with Gasteiger partial charge in [0.25, 0.3) is 5.91 Å². The summed E-state index contributed by atoms with van der Waals surface area (Å²) in [6, 6.07) is 5.72. The number of nitrogens with one attached hydrogen (secondary N) is 2. The van der Waals surface area contributed by atoms with Gasteiger partial charge in [0.1, 0.15) is 11.2 Å². The summed E-state index contributed by atoms with van der Waals surface area (Å²) in [4.78, 5) is 35.4. The van der Waals surface area contributed by atoms with E-state index in [0.29, 0.717) is 11.3 Å². The molecule has 10 heteroatoms. The van der Waals surface area contributed by atoms with Crippen LogP contribution in [0.25, 0.3) is 11.0 Å². The number of aryl methyl sites for hydroxylation is 1. The van der Waals surface area contributed by atoms with E-state index in [4.69, 9.17) is 0 Å². The van der Waals surface area contributed by atoms with Gasteiger partial charge in [-0.1, -0.05) is 0 Å². The van der Waals surface area contributed by atoms with Crippen LogP contribution in [0.2, 0.25) is 0 Å². The van der Waals surface area contributed by atoms with Crippen LogP contribution in [-0.2, 0) is 0 Å². The molecule has 3 heterocycles. The second-order valence-corrected chi connectivity index (χ2v) is 5.62. The van der Waals surface area contributed by atoms with Gasteiger partial charge in [0.05, 0.1) is 17.3 Å². The van der Waals surface area contributed by atoms with Crippen LogP contribution in [0.3, 0.4) is 0 Å². The molecule has 0 bridgehead atoms. The first-order chi connectivity index (χ1) is 12.7. The fourth-order valence-corrected chi connectivity index (χ4v) is 2.26. The molecule has 0 fully saturated rings. The molecular weight excluding hydrogens is 365 g/mol. The Balaban J connectivity index is 1.75. The number of aromatic amines is 1. The Morgan fingerprint density at radius 3 is 2.70 bits per heavy atom. The average Bonchev–Trinajstić information content (AvgIpc) is 2.60. The first-order valence-corrected chi connectivity index (χ1v) is 7.69. The van der Waals surface area contributed by atoms with Crippen LogP contribution in [-0.4, -0.2) is 33.6 Å². The minimum absolute atomic E-state index is 0.134. The molecule has 3 rings (SSSR count). The van der Waals surface area contributed by atoms with Gasteiger partial charge >= 0.3 is 6.18 Å². The highest BCUT2D eigenvalue weighted by Gasteiger charge is 2.28. The van der Waals surface area contributed by atoms with E-state index in [9.17, 15) is 22.8 Å². The third-order valence-corrected chi connectivity index (χ3v) is 3.50. The normalized spacial score (nSPS) is 11.4. The number of hydrogen-bond donors (Lipinski definition) is 2. The molecule has 1 amide bonds. The number of alkyl halides is 3. The molecule has 0 spiro atoms. The number of nitrogens with zero attached hydrogens (tertiary/aromatic N) is 2. The van der Waals surface area contributed by atoms with Gasteiger partial charge in [-0.15, -0.1) is 0 Å². The number of fused-ring (bicyclic) bond motifs is 1. The molecule has 0 atom stereocenters. The van der Waals surface area contributed by atoms with Crippen LogP contribution >= 0.6 is 0 Å². The molecule has 0 unspecified atom stereocenters. The van der Waals surface area contributed by atoms with Gasteiger partial charge in [-0.3, -0.25) is 9.59 Å². The lowest BCUT2D eigenvalue weighted by Crippen LogP contribution is -2.22. The van der Waals surface area contributed by atoms with Crippen molar-refractivity contribution >= 4 is 22.6 Å². The van der Waals surface area contributed by atoms with Crippen molar-refractivity contribution in [3.05, 3.63) is 58.1 Å². The second-order valence-electron chi connectivity index (χ2n) is 5.62. The van der Waals surface area contributed by atoms with Crippen molar-refractivity contribution in [2.24, 2.45) is 0 Å². The number of rotatable bonds is 4. The number of carbonyl (C=O) groups excluding carboxylic acids is 1. The lowest BCUT2D eigenvalue weighted by atomic mass is 10.2. The van der Waals surface area contributed by atoms with E-state index in [-0.39, 0.29) is 22.5 Å². The summed E-state index contributed by atoms with van der Waals surface area (Å²) in [7, 11) is 0. The maximum Gasteiger partial charge on any atom is 0.422 e. The highest BCUT2D eigenvalue weighted by molar-refractivity contribution is 6.05. The smallest absolute Gasteiger partial charge is 0.422 e. The van der Waals surface area contributed by atoms with Crippen molar-refractivity contribution in [1.82, 2.24) is 15.0 Å². The average molecular weight is 378 g/mol. The highest BCUT2D eigenvalue weighted by atomic mass is 19.4. The first-order valence-electron chi connectivity index (χ1n) is 7.69. The Bertz CT molecular complexity index is 1050. The van der Waals surface area contributed by atoms with Crippen molar-refractivity contribution < 1.29 is 22.7 Å². The van der Waals surface area contributed by atoms with Crippen LogP contribution in [0, 0.1) is 6.92 Å². The van der Waals surface area contributed by atoms with E-state index in [1.54, 1.807) is 19.1 Å². The molecule has 3 aromatic rings. The number of amides is 1. The second kappa shape index (κ2) is 7.06. The molecule has 27 heavy (non-hydrogen) atoms. The first kappa shape index (κ1) is 18.4. The number of anilines is 1. The molecule has 0 aliphatic heterocycles. The van der Waals surface area contributed by atoms with E-state index >= 15 is 0 Å². The standard InChI is InChI=1S/C17H13F3N4O3/c1-9-2-4-11-14(25)12(7-22-15(11)23-9)16(26)24-10-3-5-13(21-6-10)27-8-17(18,19)20/h2-7H,8H2,1H3,(H,24,26)(H,22,23,25). The summed E-state index contributed by atoms with van der Waals surface area (Å²) in [6.07, 6.45) is -2.09. The number of carbonyl (C=O) groups is 1. The Kier molecular flexibility index (Phi) is 4.80. The predicted octanol–water partition coefficient (Wildman–Crippen LogP) is 2.82. The van der Waals surface area contributed by atoms with Gasteiger partial charge in [-0.2, -0.15) is 13.2 Å². The molecule has 0 saturated carbocycles. The van der Waals surface area contributed by atoms with E-state index in [2.05, 4.69) is 25.0 Å². The number of halogens is 3. The zero-order valence-electron chi connectivity index (χ0n) is 13.9. The molecule has 7 nitrogen and oxygen atoms in total. The lowest BCUT2D eigenvalue weighted by Gasteiger charge is -2.09. The molecule has 140 valence electrons. The maximum absolute atomic E-state index is 12.4. The molecule has 0 aromatic carbocycles. The Morgan fingerprint density at radius 1 is 1.26 bits per heavy atom. The summed E-state index contributed by atoms with van der Waals surface area (Å²) in [5.74, 6) is -0.931. The molecule has 0 radical (unpaired) electrons. The Hall–Kier alpha value is -3.43. The molecule has 0 aliphatic carbocycles. The van der Waals surface area contributed by atoms with Crippen LogP contribution in [0.15, 0.2) is 41.5 Å². The van der Waals surface area contributed by atoms with Crippen molar-refractivity contribution in [3.8, 4) is 5.88 Å². The van der Waals surface area contributed by atoms with Gasteiger partial charge in [0.15, 0.2) is 6.61 Å². The van der Waals surface area contributed by atoms with Crippen LogP contribution in [0.5, 0.6) is 5.88 Å². The number of pyridine rings is 3. The van der Waals surface area contributed by atoms with Crippen molar-refractivity contribution in [2.45, 2.75) is 13.1 Å². The van der Waals surface area contributed by atoms with Gasteiger partial charge in [-0.25, -0.2) is 9.97 Å². The molecular formula is C17H13F3N4O3. The summed E-state index contributed by atoms with van der Waals surface area (Å²) in [5.41, 5.74) is 0.650. The van der Waals surface area contributed by atoms with Crippen molar-refractivity contribution in [3.63, 3.8) is 0 Å². The van der Waals surface area contributed by atoms with E-state index in [1.165, 1.54) is 18.3 Å². The topological polar surface area (TPSA) is 97.0 Å². The van der Waals surface area contributed by atoms with E-state index < -0.39 is 24.1 Å². The molecule has 2 N–H and O–H groups in total. The van der Waals surface area contributed by atoms with Gasteiger partial charge in [0, 0.05) is 18.0 Å². The highest BCUT2D eigenvalue weighted by Crippen LogP contribution is 2.18.